The molecule has 0 aliphatic heterocycles. The van der Waals surface area contributed by atoms with Crippen LogP contribution in [0.5, 0.6) is 0 Å². The minimum absolute atomic E-state index is 0.421. The molecular formula is C9H15FN4. The Hall–Kier alpha value is -1.23. The van der Waals surface area contributed by atoms with Crippen LogP contribution in [0.1, 0.15) is 13.8 Å². The molecule has 0 bridgehead atoms. The second kappa shape index (κ2) is 5.49. The number of halogens is 1. The lowest BCUT2D eigenvalue weighted by Crippen LogP contribution is -2.28. The summed E-state index contributed by atoms with van der Waals surface area (Å²) in [6.45, 7) is 5.71. The first-order chi connectivity index (χ1) is 6.68. The number of hydrogen-bond acceptors (Lipinski definition) is 4. The van der Waals surface area contributed by atoms with E-state index in [1.54, 1.807) is 0 Å². The van der Waals surface area contributed by atoms with Crippen molar-refractivity contribution in [3.63, 3.8) is 0 Å². The summed E-state index contributed by atoms with van der Waals surface area (Å²) in [4.78, 5) is 7.54. The highest BCUT2D eigenvalue weighted by Gasteiger charge is 1.96. The summed E-state index contributed by atoms with van der Waals surface area (Å²) < 4.78 is 12.4. The predicted molar refractivity (Wildman–Crippen MR) is 53.6 cm³/mol. The fourth-order valence-electron chi connectivity index (χ4n) is 0.939. The van der Waals surface area contributed by atoms with Crippen LogP contribution in [0, 0.1) is 5.82 Å². The Bertz CT molecular complexity index is 260. The molecule has 0 unspecified atom stereocenters. The summed E-state index contributed by atoms with van der Waals surface area (Å²) >= 11 is 0. The smallest absolute Gasteiger partial charge is 0.222 e. The highest BCUT2D eigenvalue weighted by Crippen LogP contribution is 1.96. The maximum Gasteiger partial charge on any atom is 0.222 e. The van der Waals surface area contributed by atoms with E-state index in [1.165, 1.54) is 0 Å². The van der Waals surface area contributed by atoms with Crippen LogP contribution in [0.25, 0.3) is 0 Å². The van der Waals surface area contributed by atoms with Gasteiger partial charge in [0.15, 0.2) is 5.82 Å². The highest BCUT2D eigenvalue weighted by molar-refractivity contribution is 5.22. The van der Waals surface area contributed by atoms with Crippen LogP contribution in [-0.4, -0.2) is 29.1 Å². The number of nitrogens with one attached hydrogen (secondary N) is 2. The molecule has 1 heterocycles. The van der Waals surface area contributed by atoms with Crippen molar-refractivity contribution in [2.24, 2.45) is 0 Å². The van der Waals surface area contributed by atoms with Gasteiger partial charge in [-0.25, -0.2) is 14.4 Å². The Balaban J connectivity index is 2.21. The van der Waals surface area contributed by atoms with Gasteiger partial charge in [0.2, 0.25) is 5.95 Å². The maximum absolute atomic E-state index is 12.4. The summed E-state index contributed by atoms with van der Waals surface area (Å²) in [7, 11) is 0. The molecule has 2 N–H and O–H groups in total. The van der Waals surface area contributed by atoms with Gasteiger partial charge in [0.05, 0.1) is 12.4 Å². The number of anilines is 1. The Labute approximate surface area is 83.0 Å². The zero-order valence-corrected chi connectivity index (χ0v) is 8.42. The minimum Gasteiger partial charge on any atom is -0.353 e. The van der Waals surface area contributed by atoms with Gasteiger partial charge >= 0.3 is 0 Å². The van der Waals surface area contributed by atoms with E-state index < -0.39 is 5.82 Å². The van der Waals surface area contributed by atoms with Crippen LogP contribution in [0.15, 0.2) is 12.4 Å². The lowest BCUT2D eigenvalue weighted by atomic mass is 10.4. The van der Waals surface area contributed by atoms with E-state index >= 15 is 0 Å². The van der Waals surface area contributed by atoms with Crippen LogP contribution in [0.3, 0.4) is 0 Å². The topological polar surface area (TPSA) is 49.8 Å². The second-order valence-corrected chi connectivity index (χ2v) is 3.26. The maximum atomic E-state index is 12.4. The first-order valence-electron chi connectivity index (χ1n) is 4.63. The van der Waals surface area contributed by atoms with Gasteiger partial charge in [0, 0.05) is 19.1 Å². The third kappa shape index (κ3) is 4.13. The minimum atomic E-state index is -0.421. The molecule has 1 rings (SSSR count). The summed E-state index contributed by atoms with van der Waals surface area (Å²) in [6.07, 6.45) is 2.29. The molecule has 4 nitrogen and oxygen atoms in total. The van der Waals surface area contributed by atoms with Crippen LogP contribution >= 0.6 is 0 Å². The number of hydrogen-bond donors (Lipinski definition) is 2. The van der Waals surface area contributed by atoms with Crippen molar-refractivity contribution in [1.29, 1.82) is 0 Å². The fraction of sp³-hybridized carbons (Fsp3) is 0.556. The normalized spacial score (nSPS) is 10.6. The molecule has 5 heteroatoms. The van der Waals surface area contributed by atoms with E-state index in [0.717, 1.165) is 25.5 Å². The van der Waals surface area contributed by atoms with Crippen molar-refractivity contribution in [3.8, 4) is 0 Å². The van der Waals surface area contributed by atoms with Gasteiger partial charge in [-0.1, -0.05) is 13.8 Å². The molecule has 0 saturated carbocycles. The Morgan fingerprint density at radius 2 is 1.93 bits per heavy atom. The molecule has 1 aromatic heterocycles. The van der Waals surface area contributed by atoms with E-state index in [-0.39, 0.29) is 0 Å². The second-order valence-electron chi connectivity index (χ2n) is 3.26. The van der Waals surface area contributed by atoms with E-state index in [4.69, 9.17) is 0 Å². The van der Waals surface area contributed by atoms with E-state index in [1.807, 2.05) is 0 Å². The zero-order chi connectivity index (χ0) is 10.4. The Kier molecular flexibility index (Phi) is 4.25. The summed E-state index contributed by atoms with van der Waals surface area (Å²) in [6, 6.07) is 0.464. The molecule has 0 saturated heterocycles. The molecule has 0 atom stereocenters. The first kappa shape index (κ1) is 10.8. The van der Waals surface area contributed by atoms with Crippen molar-refractivity contribution in [3.05, 3.63) is 18.2 Å². The summed E-state index contributed by atoms with van der Waals surface area (Å²) in [5, 5.41) is 6.21. The molecule has 78 valence electrons. The zero-order valence-electron chi connectivity index (χ0n) is 8.42. The first-order valence-corrected chi connectivity index (χ1v) is 4.63. The molecule has 0 spiro atoms. The van der Waals surface area contributed by atoms with Crippen molar-refractivity contribution >= 4 is 5.95 Å². The molecule has 14 heavy (non-hydrogen) atoms. The van der Waals surface area contributed by atoms with Gasteiger partial charge in [-0.2, -0.15) is 0 Å². The van der Waals surface area contributed by atoms with E-state index in [2.05, 4.69) is 34.4 Å². The molecule has 0 fully saturated rings. The molecule has 0 amide bonds. The van der Waals surface area contributed by atoms with Crippen molar-refractivity contribution in [2.45, 2.75) is 19.9 Å². The van der Waals surface area contributed by atoms with Gasteiger partial charge in [-0.15, -0.1) is 0 Å². The van der Waals surface area contributed by atoms with Gasteiger partial charge in [0.1, 0.15) is 0 Å². The summed E-state index contributed by atoms with van der Waals surface area (Å²) in [5.41, 5.74) is 0. The van der Waals surface area contributed by atoms with E-state index in [0.29, 0.717) is 12.0 Å². The lowest BCUT2D eigenvalue weighted by molar-refractivity contribution is 0.599. The number of nitrogens with zero attached hydrogens (tertiary/aromatic N) is 2. The van der Waals surface area contributed by atoms with Crippen LogP contribution in [0.4, 0.5) is 10.3 Å². The average Bonchev–Trinajstić information content (AvgIpc) is 2.15. The van der Waals surface area contributed by atoms with Crippen molar-refractivity contribution in [2.75, 3.05) is 18.4 Å². The predicted octanol–water partition coefficient (Wildman–Crippen LogP) is 1.03. The van der Waals surface area contributed by atoms with E-state index in [9.17, 15) is 4.39 Å². The number of aromatic nitrogens is 2. The molecule has 1 aromatic rings. The molecule has 0 aliphatic rings. The summed E-state index contributed by atoms with van der Waals surface area (Å²) in [5.74, 6) is 0.0350. The lowest BCUT2D eigenvalue weighted by Gasteiger charge is -2.08. The molecular weight excluding hydrogens is 183 g/mol. The van der Waals surface area contributed by atoms with Crippen LogP contribution in [0.2, 0.25) is 0 Å². The van der Waals surface area contributed by atoms with Gasteiger partial charge in [-0.3, -0.25) is 0 Å². The Morgan fingerprint density at radius 1 is 1.29 bits per heavy atom. The van der Waals surface area contributed by atoms with Crippen molar-refractivity contribution < 1.29 is 4.39 Å². The Morgan fingerprint density at radius 3 is 2.50 bits per heavy atom. The SMILES string of the molecule is CC(C)NCCNc1ncc(F)cn1. The molecule has 0 radical (unpaired) electrons. The average molecular weight is 198 g/mol. The van der Waals surface area contributed by atoms with Crippen LogP contribution in [-0.2, 0) is 0 Å². The van der Waals surface area contributed by atoms with Gasteiger partial charge < -0.3 is 10.6 Å². The van der Waals surface area contributed by atoms with Crippen molar-refractivity contribution in [1.82, 2.24) is 15.3 Å². The van der Waals surface area contributed by atoms with Gasteiger partial charge in [0.25, 0.3) is 0 Å². The fourth-order valence-corrected chi connectivity index (χ4v) is 0.939. The number of rotatable bonds is 5. The van der Waals surface area contributed by atoms with Gasteiger partial charge in [-0.05, 0) is 0 Å². The largest absolute Gasteiger partial charge is 0.353 e. The standard InChI is InChI=1S/C9H15FN4/c1-7(2)11-3-4-12-9-13-5-8(10)6-14-9/h5-7,11H,3-4H2,1-2H3,(H,12,13,14). The molecule has 0 aliphatic carbocycles. The molecule has 0 aromatic carbocycles. The monoisotopic (exact) mass is 198 g/mol. The van der Waals surface area contributed by atoms with Crippen LogP contribution < -0.4 is 10.6 Å². The quantitative estimate of drug-likeness (QED) is 0.694. The third-order valence-corrected chi connectivity index (χ3v) is 1.58. The highest BCUT2D eigenvalue weighted by atomic mass is 19.1. The third-order valence-electron chi connectivity index (χ3n) is 1.58.